The summed E-state index contributed by atoms with van der Waals surface area (Å²) in [5.41, 5.74) is 0.252. The van der Waals surface area contributed by atoms with Crippen LogP contribution in [0.5, 0.6) is 5.75 Å². The minimum absolute atomic E-state index is 0. The second-order valence-corrected chi connectivity index (χ2v) is 5.06. The van der Waals surface area contributed by atoms with Crippen molar-refractivity contribution in [2.24, 2.45) is 0 Å². The van der Waals surface area contributed by atoms with E-state index in [1.807, 2.05) is 0 Å². The van der Waals surface area contributed by atoms with Crippen molar-refractivity contribution in [2.45, 2.75) is 18.6 Å². The predicted octanol–water partition coefficient (Wildman–Crippen LogP) is 2.28. The van der Waals surface area contributed by atoms with Crippen molar-refractivity contribution in [3.05, 3.63) is 29.8 Å². The topological polar surface area (TPSA) is 44.7 Å². The lowest BCUT2D eigenvalue weighted by Crippen LogP contribution is -2.51. The lowest BCUT2D eigenvalue weighted by molar-refractivity contribution is -0.118. The number of nitrogens with one attached hydrogen (secondary N) is 1. The number of hydrogen-bond donors (Lipinski definition) is 2. The molecule has 0 bridgehead atoms. The first-order valence-corrected chi connectivity index (χ1v) is 6.92. The van der Waals surface area contributed by atoms with E-state index in [1.54, 1.807) is 4.90 Å². The fraction of sp³-hybridized carbons (Fsp3) is 0.571. The monoisotopic (exact) mass is 358 g/mol. The normalized spacial score (nSPS) is 17.7. The minimum atomic E-state index is -3.33. The van der Waals surface area contributed by atoms with Crippen LogP contribution in [0.25, 0.3) is 0 Å². The first kappa shape index (κ1) is 20.0. The molecule has 9 heteroatoms. The molecule has 1 aromatic carbocycles. The van der Waals surface area contributed by atoms with Crippen molar-refractivity contribution in [1.82, 2.24) is 10.2 Å². The number of alkyl halides is 4. The second kappa shape index (κ2) is 8.68. The smallest absolute Gasteiger partial charge is 0.387 e. The van der Waals surface area contributed by atoms with Gasteiger partial charge in [-0.05, 0) is 17.7 Å². The number of rotatable bonds is 6. The number of ether oxygens (including phenoxy) is 1. The first-order chi connectivity index (χ1) is 10.4. The minimum Gasteiger partial charge on any atom is -0.435 e. The third-order valence-corrected chi connectivity index (χ3v) is 3.55. The van der Waals surface area contributed by atoms with Gasteiger partial charge in [0, 0.05) is 26.2 Å². The van der Waals surface area contributed by atoms with Crippen LogP contribution in [0, 0.1) is 0 Å². The Bertz CT molecular complexity index is 470. The maximum atomic E-state index is 14.1. The van der Waals surface area contributed by atoms with E-state index in [1.165, 1.54) is 24.3 Å². The molecular formula is C14H19ClF4N2O2. The van der Waals surface area contributed by atoms with Gasteiger partial charge < -0.3 is 15.2 Å². The van der Waals surface area contributed by atoms with Gasteiger partial charge in [0.25, 0.3) is 5.92 Å². The predicted molar refractivity (Wildman–Crippen MR) is 79.5 cm³/mol. The summed E-state index contributed by atoms with van der Waals surface area (Å²) in [5, 5.41) is 12.1. The summed E-state index contributed by atoms with van der Waals surface area (Å²) < 4.78 is 56.7. The molecule has 1 aromatic rings. The molecular weight excluding hydrogens is 340 g/mol. The number of aliphatic hydroxyl groups is 1. The SMILES string of the molecule is Cl.OCC(F)(F)[C@@H](c1ccc(OC(F)F)cc1)N1CCNCC1. The molecule has 0 unspecified atom stereocenters. The Hall–Kier alpha value is -1.09. The zero-order chi connectivity index (χ0) is 16.2. The Morgan fingerprint density at radius 3 is 2.22 bits per heavy atom. The summed E-state index contributed by atoms with van der Waals surface area (Å²) in [6, 6.07) is 3.80. The van der Waals surface area contributed by atoms with Gasteiger partial charge >= 0.3 is 6.61 Å². The quantitative estimate of drug-likeness (QED) is 0.766. The number of piperazine rings is 1. The van der Waals surface area contributed by atoms with Gasteiger partial charge in [0.15, 0.2) is 0 Å². The molecule has 1 fully saturated rings. The molecule has 1 aliphatic heterocycles. The number of aliphatic hydroxyl groups excluding tert-OH is 1. The fourth-order valence-electron chi connectivity index (χ4n) is 2.58. The first-order valence-electron chi connectivity index (χ1n) is 6.92. The summed E-state index contributed by atoms with van der Waals surface area (Å²) in [6.07, 6.45) is 0. The molecule has 0 aromatic heterocycles. The van der Waals surface area contributed by atoms with Gasteiger partial charge in [-0.25, -0.2) is 8.78 Å². The standard InChI is InChI=1S/C14H18F4N2O2.ClH/c15-13(16)22-11-3-1-10(2-4-11)12(14(17,18)9-21)20-7-5-19-6-8-20;/h1-4,12-13,19,21H,5-9H2;1H/t12-;/m1./s1. The molecule has 0 radical (unpaired) electrons. The van der Waals surface area contributed by atoms with Crippen LogP contribution in [0.15, 0.2) is 24.3 Å². The van der Waals surface area contributed by atoms with Crippen molar-refractivity contribution in [3.8, 4) is 5.75 Å². The van der Waals surface area contributed by atoms with Gasteiger partial charge in [0.2, 0.25) is 0 Å². The van der Waals surface area contributed by atoms with Crippen LogP contribution in [-0.4, -0.2) is 55.3 Å². The summed E-state index contributed by atoms with van der Waals surface area (Å²) >= 11 is 0. The Morgan fingerprint density at radius 2 is 1.74 bits per heavy atom. The highest BCUT2D eigenvalue weighted by molar-refractivity contribution is 5.85. The van der Waals surface area contributed by atoms with E-state index in [0.29, 0.717) is 26.2 Å². The third-order valence-electron chi connectivity index (χ3n) is 3.55. The summed E-state index contributed by atoms with van der Waals surface area (Å²) in [5.74, 6) is -3.42. The molecule has 2 rings (SSSR count). The summed E-state index contributed by atoms with van der Waals surface area (Å²) in [7, 11) is 0. The number of benzene rings is 1. The summed E-state index contributed by atoms with van der Waals surface area (Å²) in [4.78, 5) is 1.58. The van der Waals surface area contributed by atoms with Gasteiger partial charge in [-0.15, -0.1) is 12.4 Å². The van der Waals surface area contributed by atoms with Gasteiger partial charge in [-0.1, -0.05) is 12.1 Å². The van der Waals surface area contributed by atoms with Gasteiger partial charge in [0.05, 0.1) is 0 Å². The van der Waals surface area contributed by atoms with E-state index < -0.39 is 25.2 Å². The van der Waals surface area contributed by atoms with E-state index in [9.17, 15) is 17.6 Å². The van der Waals surface area contributed by atoms with Gasteiger partial charge in [-0.2, -0.15) is 8.78 Å². The van der Waals surface area contributed by atoms with E-state index >= 15 is 0 Å². The van der Waals surface area contributed by atoms with Crippen LogP contribution in [-0.2, 0) is 0 Å². The van der Waals surface area contributed by atoms with Gasteiger partial charge in [0.1, 0.15) is 18.4 Å². The van der Waals surface area contributed by atoms with Crippen LogP contribution in [0.1, 0.15) is 11.6 Å². The van der Waals surface area contributed by atoms with Gasteiger partial charge in [-0.3, -0.25) is 4.90 Å². The van der Waals surface area contributed by atoms with E-state index in [0.717, 1.165) is 0 Å². The molecule has 4 nitrogen and oxygen atoms in total. The lowest BCUT2D eigenvalue weighted by atomic mass is 9.98. The lowest BCUT2D eigenvalue weighted by Gasteiger charge is -2.38. The van der Waals surface area contributed by atoms with E-state index in [4.69, 9.17) is 5.11 Å². The van der Waals surface area contributed by atoms with Crippen LogP contribution in [0.3, 0.4) is 0 Å². The van der Waals surface area contributed by atoms with E-state index in [2.05, 4.69) is 10.1 Å². The average Bonchev–Trinajstić information content (AvgIpc) is 2.49. The van der Waals surface area contributed by atoms with Crippen LogP contribution >= 0.6 is 12.4 Å². The number of nitrogens with zero attached hydrogens (tertiary/aromatic N) is 1. The highest BCUT2D eigenvalue weighted by Crippen LogP contribution is 2.37. The fourth-order valence-corrected chi connectivity index (χ4v) is 2.58. The Labute approximate surface area is 137 Å². The number of hydrogen-bond acceptors (Lipinski definition) is 4. The number of halogens is 5. The average molecular weight is 359 g/mol. The highest BCUT2D eigenvalue weighted by Gasteiger charge is 2.43. The van der Waals surface area contributed by atoms with Crippen molar-refractivity contribution in [2.75, 3.05) is 32.8 Å². The molecule has 1 saturated heterocycles. The molecule has 0 aliphatic carbocycles. The maximum Gasteiger partial charge on any atom is 0.387 e. The van der Waals surface area contributed by atoms with Crippen molar-refractivity contribution >= 4 is 12.4 Å². The molecule has 1 atom stereocenters. The largest absolute Gasteiger partial charge is 0.435 e. The molecule has 2 N–H and O–H groups in total. The second-order valence-electron chi connectivity index (χ2n) is 5.06. The van der Waals surface area contributed by atoms with Crippen molar-refractivity contribution in [3.63, 3.8) is 0 Å². The van der Waals surface area contributed by atoms with Crippen LogP contribution < -0.4 is 10.1 Å². The molecule has 0 spiro atoms. The van der Waals surface area contributed by atoms with Crippen molar-refractivity contribution in [1.29, 1.82) is 0 Å². The third kappa shape index (κ3) is 5.20. The molecule has 1 aliphatic rings. The zero-order valence-corrected chi connectivity index (χ0v) is 13.0. The summed E-state index contributed by atoms with van der Waals surface area (Å²) in [6.45, 7) is -2.27. The zero-order valence-electron chi connectivity index (χ0n) is 12.2. The Morgan fingerprint density at radius 1 is 1.17 bits per heavy atom. The molecule has 132 valence electrons. The highest BCUT2D eigenvalue weighted by atomic mass is 35.5. The van der Waals surface area contributed by atoms with E-state index in [-0.39, 0.29) is 23.7 Å². The van der Waals surface area contributed by atoms with Crippen LogP contribution in [0.4, 0.5) is 17.6 Å². The molecule has 0 saturated carbocycles. The Balaban J connectivity index is 0.00000264. The Kier molecular flexibility index (Phi) is 7.53. The molecule has 1 heterocycles. The molecule has 0 amide bonds. The molecule has 23 heavy (non-hydrogen) atoms. The van der Waals surface area contributed by atoms with Crippen molar-refractivity contribution < 1.29 is 27.4 Å². The maximum absolute atomic E-state index is 14.1. The van der Waals surface area contributed by atoms with Crippen LogP contribution in [0.2, 0.25) is 0 Å².